The molecular formula is C25H21BO3. The molecule has 0 spiro atoms. The van der Waals surface area contributed by atoms with Crippen LogP contribution in [0.25, 0.3) is 43.5 Å². The van der Waals surface area contributed by atoms with Crippen LogP contribution in [-0.2, 0) is 9.31 Å². The van der Waals surface area contributed by atoms with Gasteiger partial charge in [0.05, 0.1) is 11.7 Å². The highest BCUT2D eigenvalue weighted by Crippen LogP contribution is 2.40. The van der Waals surface area contributed by atoms with Crippen LogP contribution in [0.2, 0.25) is 0 Å². The van der Waals surface area contributed by atoms with Gasteiger partial charge >= 0.3 is 7.12 Å². The van der Waals surface area contributed by atoms with Crippen LogP contribution in [-0.4, -0.2) is 18.8 Å². The van der Waals surface area contributed by atoms with Crippen LogP contribution in [0.4, 0.5) is 0 Å². The van der Waals surface area contributed by atoms with Crippen LogP contribution in [0.3, 0.4) is 0 Å². The van der Waals surface area contributed by atoms with E-state index in [0.717, 1.165) is 32.8 Å². The van der Waals surface area contributed by atoms with E-state index in [1.807, 2.05) is 12.1 Å². The zero-order valence-corrected chi connectivity index (χ0v) is 16.7. The molecule has 1 aliphatic rings. The van der Waals surface area contributed by atoms with Gasteiger partial charge in [-0.1, -0.05) is 60.7 Å². The van der Waals surface area contributed by atoms with Gasteiger partial charge in [-0.25, -0.2) is 0 Å². The first kappa shape index (κ1) is 17.1. The first-order valence-corrected chi connectivity index (χ1v) is 10.1. The van der Waals surface area contributed by atoms with Gasteiger partial charge in [0.2, 0.25) is 0 Å². The van der Waals surface area contributed by atoms with E-state index < -0.39 is 0 Å². The first-order chi connectivity index (χ1) is 14.0. The molecule has 1 aliphatic heterocycles. The highest BCUT2D eigenvalue weighted by atomic mass is 16.7. The van der Waals surface area contributed by atoms with Crippen LogP contribution < -0.4 is 5.46 Å². The molecule has 1 fully saturated rings. The van der Waals surface area contributed by atoms with Crippen LogP contribution in [0, 0.1) is 0 Å². The molecule has 1 aromatic heterocycles. The summed E-state index contributed by atoms with van der Waals surface area (Å²) in [5.74, 6) is 0. The lowest BCUT2D eigenvalue weighted by atomic mass is 9.78. The van der Waals surface area contributed by atoms with E-state index in [1.54, 1.807) is 0 Å². The van der Waals surface area contributed by atoms with Crippen molar-refractivity contribution in [2.24, 2.45) is 0 Å². The summed E-state index contributed by atoms with van der Waals surface area (Å²) in [5, 5.41) is 7.06. The van der Waals surface area contributed by atoms with Crippen LogP contribution in [0.1, 0.15) is 20.8 Å². The van der Waals surface area contributed by atoms with E-state index in [-0.39, 0.29) is 18.8 Å². The van der Waals surface area contributed by atoms with Gasteiger partial charge in [0.1, 0.15) is 11.2 Å². The Morgan fingerprint density at radius 3 is 2.14 bits per heavy atom. The Labute approximate surface area is 169 Å². The molecule has 5 aromatic rings. The molecule has 0 N–H and O–H groups in total. The normalized spacial score (nSPS) is 19.1. The van der Waals surface area contributed by atoms with E-state index in [0.29, 0.717) is 0 Å². The maximum absolute atomic E-state index is 6.37. The minimum atomic E-state index is -0.360. The van der Waals surface area contributed by atoms with Crippen molar-refractivity contribution in [3.63, 3.8) is 0 Å². The Morgan fingerprint density at radius 2 is 1.45 bits per heavy atom. The smallest absolute Gasteiger partial charge is 0.455 e. The lowest BCUT2D eigenvalue weighted by Gasteiger charge is -2.21. The van der Waals surface area contributed by atoms with Crippen molar-refractivity contribution in [1.29, 1.82) is 0 Å². The molecule has 0 saturated carbocycles. The Morgan fingerprint density at radius 1 is 0.793 bits per heavy atom. The summed E-state index contributed by atoms with van der Waals surface area (Å²) in [6.07, 6.45) is 0.0362. The molecule has 1 atom stereocenters. The maximum Gasteiger partial charge on any atom is 0.494 e. The van der Waals surface area contributed by atoms with Crippen molar-refractivity contribution in [2.75, 3.05) is 0 Å². The number of benzene rings is 4. The van der Waals surface area contributed by atoms with Gasteiger partial charge < -0.3 is 13.7 Å². The fourth-order valence-electron chi connectivity index (χ4n) is 4.47. The fourth-order valence-corrected chi connectivity index (χ4v) is 4.47. The molecule has 0 amide bonds. The van der Waals surface area contributed by atoms with Crippen molar-refractivity contribution in [1.82, 2.24) is 0 Å². The minimum absolute atomic E-state index is 0.0362. The topological polar surface area (TPSA) is 31.6 Å². The predicted octanol–water partition coefficient (Wildman–Crippen LogP) is 5.80. The Bertz CT molecular complexity index is 1420. The zero-order chi connectivity index (χ0) is 19.8. The average Bonchev–Trinajstić information content (AvgIpc) is 3.25. The number of furan rings is 1. The SMILES string of the molecule is CC1OB(c2ccc3oc4c5ccccc5c5ccccc5c4c3c2)OC1(C)C. The van der Waals surface area contributed by atoms with Crippen LogP contribution in [0.15, 0.2) is 71.1 Å². The largest absolute Gasteiger partial charge is 0.494 e. The summed E-state index contributed by atoms with van der Waals surface area (Å²) in [4.78, 5) is 0. The molecule has 0 radical (unpaired) electrons. The van der Waals surface area contributed by atoms with Crippen molar-refractivity contribution in [3.05, 3.63) is 66.7 Å². The zero-order valence-electron chi connectivity index (χ0n) is 16.7. The average molecular weight is 380 g/mol. The van der Waals surface area contributed by atoms with Gasteiger partial charge in [0, 0.05) is 16.2 Å². The second-order valence-electron chi connectivity index (χ2n) is 8.48. The second kappa shape index (κ2) is 5.85. The van der Waals surface area contributed by atoms with Crippen LogP contribution in [0.5, 0.6) is 0 Å². The second-order valence-corrected chi connectivity index (χ2v) is 8.48. The maximum atomic E-state index is 6.37. The third-order valence-corrected chi connectivity index (χ3v) is 6.36. The highest BCUT2D eigenvalue weighted by molar-refractivity contribution is 6.62. The lowest BCUT2D eigenvalue weighted by molar-refractivity contribution is 0.0842. The first-order valence-electron chi connectivity index (χ1n) is 10.1. The Hall–Kier alpha value is -2.82. The molecule has 1 saturated heterocycles. The van der Waals surface area contributed by atoms with Gasteiger partial charge in [0.15, 0.2) is 0 Å². The lowest BCUT2D eigenvalue weighted by Crippen LogP contribution is -2.34. The molecule has 0 bridgehead atoms. The van der Waals surface area contributed by atoms with Gasteiger partial charge in [0.25, 0.3) is 0 Å². The standard InChI is InChI=1S/C25H21BO3/c1-15-25(2,3)29-26(28-15)16-12-13-22-21(14-16)23-19-10-6-4-8-17(19)18-9-5-7-11-20(18)24(23)27-22/h4-15H,1-3H3. The monoisotopic (exact) mass is 380 g/mol. The molecule has 29 heavy (non-hydrogen) atoms. The van der Waals surface area contributed by atoms with Crippen molar-refractivity contribution in [2.45, 2.75) is 32.5 Å². The van der Waals surface area contributed by atoms with Crippen molar-refractivity contribution in [3.8, 4) is 0 Å². The Kier molecular flexibility index (Phi) is 3.44. The molecule has 2 heterocycles. The fraction of sp³-hybridized carbons (Fsp3) is 0.200. The van der Waals surface area contributed by atoms with Crippen molar-refractivity contribution >= 4 is 56.1 Å². The summed E-state index contributed by atoms with van der Waals surface area (Å²) in [6, 6.07) is 23.3. The summed E-state index contributed by atoms with van der Waals surface area (Å²) in [7, 11) is -0.360. The van der Waals surface area contributed by atoms with Gasteiger partial charge in [-0.2, -0.15) is 0 Å². The molecule has 4 heteroatoms. The van der Waals surface area contributed by atoms with E-state index >= 15 is 0 Å². The van der Waals surface area contributed by atoms with E-state index in [9.17, 15) is 0 Å². The third kappa shape index (κ3) is 2.39. The Balaban J connectivity index is 1.68. The molecule has 6 rings (SSSR count). The van der Waals surface area contributed by atoms with E-state index in [2.05, 4.69) is 75.4 Å². The minimum Gasteiger partial charge on any atom is -0.455 e. The van der Waals surface area contributed by atoms with Crippen molar-refractivity contribution < 1.29 is 13.7 Å². The number of hydrogen-bond acceptors (Lipinski definition) is 3. The predicted molar refractivity (Wildman–Crippen MR) is 120 cm³/mol. The molecule has 4 aromatic carbocycles. The number of rotatable bonds is 1. The molecular weight excluding hydrogens is 359 g/mol. The van der Waals surface area contributed by atoms with E-state index in [4.69, 9.17) is 13.7 Å². The summed E-state index contributed by atoms with van der Waals surface area (Å²) >= 11 is 0. The molecule has 1 unspecified atom stereocenters. The molecule has 3 nitrogen and oxygen atoms in total. The van der Waals surface area contributed by atoms with Gasteiger partial charge in [-0.15, -0.1) is 0 Å². The molecule has 0 aliphatic carbocycles. The van der Waals surface area contributed by atoms with Gasteiger partial charge in [-0.3, -0.25) is 0 Å². The van der Waals surface area contributed by atoms with Crippen LogP contribution >= 0.6 is 0 Å². The number of hydrogen-bond donors (Lipinski definition) is 0. The summed E-state index contributed by atoms with van der Waals surface area (Å²) < 4.78 is 18.7. The third-order valence-electron chi connectivity index (χ3n) is 6.36. The summed E-state index contributed by atoms with van der Waals surface area (Å²) in [5.41, 5.74) is 2.54. The van der Waals surface area contributed by atoms with Gasteiger partial charge in [-0.05, 0) is 48.5 Å². The van der Waals surface area contributed by atoms with E-state index in [1.165, 1.54) is 16.2 Å². The number of fused-ring (bicyclic) bond motifs is 8. The summed E-state index contributed by atoms with van der Waals surface area (Å²) in [6.45, 7) is 6.21. The molecule has 142 valence electrons. The quantitative estimate of drug-likeness (QED) is 0.272. The highest BCUT2D eigenvalue weighted by Gasteiger charge is 2.43.